The number of para-hydroxylation sites is 1. The highest BCUT2D eigenvalue weighted by molar-refractivity contribution is 9.10. The SMILES string of the molecule is N#CC(C#N)=NNc1ccccc1Sc1ncc(Br)cn1. The topological polar surface area (TPSA) is 97.8 Å². The zero-order valence-electron chi connectivity index (χ0n) is 10.5. The summed E-state index contributed by atoms with van der Waals surface area (Å²) in [5, 5.41) is 21.6. The Labute approximate surface area is 133 Å². The van der Waals surface area contributed by atoms with Gasteiger partial charge in [0.05, 0.1) is 10.2 Å². The third kappa shape index (κ3) is 4.28. The largest absolute Gasteiger partial charge is 0.275 e. The van der Waals surface area contributed by atoms with Gasteiger partial charge in [-0.05, 0) is 39.8 Å². The van der Waals surface area contributed by atoms with Crippen LogP contribution >= 0.6 is 27.7 Å². The number of rotatable bonds is 4. The van der Waals surface area contributed by atoms with Gasteiger partial charge >= 0.3 is 0 Å². The minimum atomic E-state index is -0.241. The van der Waals surface area contributed by atoms with E-state index in [1.54, 1.807) is 30.6 Å². The van der Waals surface area contributed by atoms with Crippen LogP contribution in [-0.4, -0.2) is 15.7 Å². The summed E-state index contributed by atoms with van der Waals surface area (Å²) in [6.07, 6.45) is 3.32. The Bertz CT molecular complexity index is 728. The molecule has 0 fully saturated rings. The molecule has 0 saturated heterocycles. The number of nitrogens with zero attached hydrogens (tertiary/aromatic N) is 5. The number of hydrogen-bond donors (Lipinski definition) is 1. The van der Waals surface area contributed by atoms with Gasteiger partial charge in [0.15, 0.2) is 5.16 Å². The fourth-order valence-corrected chi connectivity index (χ4v) is 2.27. The highest BCUT2D eigenvalue weighted by atomic mass is 79.9. The van der Waals surface area contributed by atoms with E-state index in [-0.39, 0.29) is 5.71 Å². The van der Waals surface area contributed by atoms with Crippen molar-refractivity contribution in [1.29, 1.82) is 10.5 Å². The monoisotopic (exact) mass is 358 g/mol. The number of aromatic nitrogens is 2. The summed E-state index contributed by atoms with van der Waals surface area (Å²) in [4.78, 5) is 9.19. The molecular formula is C13H7BrN6S. The second-order valence-corrected chi connectivity index (χ2v) is 5.50. The summed E-state index contributed by atoms with van der Waals surface area (Å²) >= 11 is 4.63. The summed E-state index contributed by atoms with van der Waals surface area (Å²) in [7, 11) is 0. The molecule has 6 nitrogen and oxygen atoms in total. The lowest BCUT2D eigenvalue weighted by atomic mass is 10.3. The summed E-state index contributed by atoms with van der Waals surface area (Å²) in [5.41, 5.74) is 3.13. The minimum Gasteiger partial charge on any atom is -0.275 e. The first-order chi connectivity index (χ1) is 10.2. The van der Waals surface area contributed by atoms with E-state index in [4.69, 9.17) is 10.5 Å². The maximum absolute atomic E-state index is 8.66. The third-order valence-electron chi connectivity index (χ3n) is 2.18. The molecule has 0 bridgehead atoms. The van der Waals surface area contributed by atoms with Crippen molar-refractivity contribution in [2.75, 3.05) is 5.43 Å². The van der Waals surface area contributed by atoms with Gasteiger partial charge in [0.2, 0.25) is 5.71 Å². The van der Waals surface area contributed by atoms with Gasteiger partial charge < -0.3 is 0 Å². The molecule has 0 aliphatic rings. The zero-order chi connectivity index (χ0) is 15.1. The summed E-state index contributed by atoms with van der Waals surface area (Å²) in [5.74, 6) is 0. The maximum atomic E-state index is 8.66. The van der Waals surface area contributed by atoms with Gasteiger partial charge in [0.25, 0.3) is 0 Å². The van der Waals surface area contributed by atoms with Crippen molar-refractivity contribution in [1.82, 2.24) is 9.97 Å². The second-order valence-electron chi connectivity index (χ2n) is 3.58. The predicted octanol–water partition coefficient (Wildman–Crippen LogP) is 3.21. The Morgan fingerprint density at radius 3 is 2.52 bits per heavy atom. The first-order valence-electron chi connectivity index (χ1n) is 5.61. The van der Waals surface area contributed by atoms with Crippen LogP contribution in [0.4, 0.5) is 5.69 Å². The molecule has 1 aromatic carbocycles. The lowest BCUT2D eigenvalue weighted by Crippen LogP contribution is -1.97. The molecule has 0 spiro atoms. The van der Waals surface area contributed by atoms with Crippen LogP contribution in [0.3, 0.4) is 0 Å². The molecule has 0 atom stereocenters. The van der Waals surface area contributed by atoms with Gasteiger partial charge in [-0.25, -0.2) is 9.97 Å². The van der Waals surface area contributed by atoms with Crippen LogP contribution in [-0.2, 0) is 0 Å². The Balaban J connectivity index is 2.21. The normalized spacial score (nSPS) is 9.29. The van der Waals surface area contributed by atoms with E-state index in [0.717, 1.165) is 9.37 Å². The first-order valence-corrected chi connectivity index (χ1v) is 7.22. The van der Waals surface area contributed by atoms with Crippen molar-refractivity contribution in [2.24, 2.45) is 5.10 Å². The van der Waals surface area contributed by atoms with Crippen molar-refractivity contribution < 1.29 is 0 Å². The van der Waals surface area contributed by atoms with Crippen molar-refractivity contribution in [3.05, 3.63) is 41.1 Å². The average molecular weight is 359 g/mol. The van der Waals surface area contributed by atoms with E-state index in [9.17, 15) is 0 Å². The van der Waals surface area contributed by atoms with E-state index in [2.05, 4.69) is 36.4 Å². The third-order valence-corrected chi connectivity index (χ3v) is 3.56. The van der Waals surface area contributed by atoms with Crippen molar-refractivity contribution in [2.45, 2.75) is 10.1 Å². The molecule has 102 valence electrons. The summed E-state index contributed by atoms with van der Waals surface area (Å²) in [6.45, 7) is 0. The van der Waals surface area contributed by atoms with Crippen molar-refractivity contribution >= 4 is 39.1 Å². The molecule has 0 unspecified atom stereocenters. The molecule has 1 heterocycles. The first kappa shape index (κ1) is 15.0. The molecule has 0 radical (unpaired) electrons. The molecule has 0 amide bonds. The number of hydrogen-bond acceptors (Lipinski definition) is 7. The number of nitrogens with one attached hydrogen (secondary N) is 1. The van der Waals surface area contributed by atoms with Gasteiger partial charge in [-0.3, -0.25) is 5.43 Å². The number of benzene rings is 1. The Morgan fingerprint density at radius 1 is 1.19 bits per heavy atom. The predicted molar refractivity (Wildman–Crippen MR) is 82.6 cm³/mol. The van der Waals surface area contributed by atoms with Gasteiger partial charge in [-0.15, -0.1) is 0 Å². The van der Waals surface area contributed by atoms with Crippen LogP contribution in [0.1, 0.15) is 0 Å². The summed E-state index contributed by atoms with van der Waals surface area (Å²) in [6, 6.07) is 10.7. The van der Waals surface area contributed by atoms with Crippen LogP contribution in [0.15, 0.2) is 56.3 Å². The van der Waals surface area contributed by atoms with Gasteiger partial charge in [-0.1, -0.05) is 12.1 Å². The second kappa shape index (κ2) is 7.39. The molecular weight excluding hydrogens is 352 g/mol. The fourth-order valence-electron chi connectivity index (χ4n) is 1.29. The fraction of sp³-hybridized carbons (Fsp3) is 0. The van der Waals surface area contributed by atoms with E-state index in [1.165, 1.54) is 11.8 Å². The van der Waals surface area contributed by atoms with Crippen LogP contribution in [0.2, 0.25) is 0 Å². The molecule has 2 rings (SSSR count). The molecule has 2 aromatic rings. The van der Waals surface area contributed by atoms with Crippen molar-refractivity contribution in [3.63, 3.8) is 0 Å². The molecule has 0 aliphatic heterocycles. The maximum Gasteiger partial charge on any atom is 0.237 e. The van der Waals surface area contributed by atoms with Gasteiger partial charge in [0.1, 0.15) is 12.1 Å². The smallest absolute Gasteiger partial charge is 0.237 e. The summed E-state index contributed by atoms with van der Waals surface area (Å²) < 4.78 is 0.801. The molecule has 1 aromatic heterocycles. The van der Waals surface area contributed by atoms with Crippen LogP contribution in [0.5, 0.6) is 0 Å². The van der Waals surface area contributed by atoms with Crippen molar-refractivity contribution in [3.8, 4) is 12.1 Å². The molecule has 21 heavy (non-hydrogen) atoms. The standard InChI is InChI=1S/C13H7BrN6S/c14-9-7-17-13(18-8-9)21-12-4-2-1-3-11(12)20-19-10(5-15)6-16/h1-4,7-8,20H. The van der Waals surface area contributed by atoms with Crippen LogP contribution in [0.25, 0.3) is 0 Å². The average Bonchev–Trinajstić information content (AvgIpc) is 2.52. The van der Waals surface area contributed by atoms with E-state index in [0.29, 0.717) is 10.8 Å². The number of halogens is 1. The lowest BCUT2D eigenvalue weighted by molar-refractivity contribution is 0.958. The minimum absolute atomic E-state index is 0.241. The van der Waals surface area contributed by atoms with E-state index >= 15 is 0 Å². The number of hydrazone groups is 1. The molecule has 0 aliphatic carbocycles. The lowest BCUT2D eigenvalue weighted by Gasteiger charge is -2.06. The van der Waals surface area contributed by atoms with Gasteiger partial charge in [0, 0.05) is 17.3 Å². The Morgan fingerprint density at radius 2 is 1.86 bits per heavy atom. The highest BCUT2D eigenvalue weighted by Crippen LogP contribution is 2.31. The molecule has 0 saturated carbocycles. The molecule has 8 heteroatoms. The highest BCUT2D eigenvalue weighted by Gasteiger charge is 2.06. The Kier molecular flexibility index (Phi) is 5.27. The van der Waals surface area contributed by atoms with Gasteiger partial charge in [-0.2, -0.15) is 15.6 Å². The number of nitriles is 2. The van der Waals surface area contributed by atoms with E-state index < -0.39 is 0 Å². The zero-order valence-corrected chi connectivity index (χ0v) is 12.9. The van der Waals surface area contributed by atoms with E-state index in [1.807, 2.05) is 18.2 Å². The quantitative estimate of drug-likeness (QED) is 0.511. The number of anilines is 1. The van der Waals surface area contributed by atoms with Crippen LogP contribution < -0.4 is 5.43 Å². The van der Waals surface area contributed by atoms with Crippen LogP contribution in [0, 0.1) is 22.7 Å². The Hall–Kier alpha value is -2.42. The molecule has 1 N–H and O–H groups in total.